The molecule has 0 atom stereocenters. The average molecular weight is 587 g/mol. The number of phenolic OH excluding ortho intramolecular Hbond substituents is 2. The largest absolute Gasteiger partial charge is 0.507 e. The Morgan fingerprint density at radius 3 is 2.59 bits per heavy atom. The Kier molecular flexibility index (Phi) is 6.03. The molecule has 0 aliphatic rings. The number of nitrogens with one attached hydrogen (secondary N) is 1. The van der Waals surface area contributed by atoms with Crippen molar-refractivity contribution in [3.63, 3.8) is 0 Å². The normalized spacial score (nSPS) is 10.9. The zero-order valence-corrected chi connectivity index (χ0v) is 16.7. The number of hydrogen-bond acceptors (Lipinski definition) is 4. The summed E-state index contributed by atoms with van der Waals surface area (Å²) in [5.74, 6) is -0.322. The van der Waals surface area contributed by atoms with Gasteiger partial charge in [-0.15, -0.1) is 0 Å². The summed E-state index contributed by atoms with van der Waals surface area (Å²) >= 11 is 7.29. The molecule has 0 saturated carbocycles. The molecule has 0 saturated heterocycles. The Morgan fingerprint density at radius 1 is 1.18 bits per heavy atom. The number of aromatic hydroxyl groups is 2. The van der Waals surface area contributed by atoms with Crippen LogP contribution >= 0.6 is 61.1 Å². The van der Waals surface area contributed by atoms with Crippen LogP contribution in [0.15, 0.2) is 39.9 Å². The molecule has 2 rings (SSSR count). The van der Waals surface area contributed by atoms with Gasteiger partial charge < -0.3 is 10.2 Å². The third-order valence-corrected chi connectivity index (χ3v) is 4.83. The van der Waals surface area contributed by atoms with Crippen LogP contribution in [0, 0.1) is 7.14 Å². The Balaban J connectivity index is 2.12. The highest BCUT2D eigenvalue weighted by Gasteiger charge is 2.08. The van der Waals surface area contributed by atoms with Crippen LogP contribution in [-0.4, -0.2) is 22.3 Å². The van der Waals surface area contributed by atoms with Crippen molar-refractivity contribution in [3.05, 3.63) is 53.1 Å². The molecule has 0 spiro atoms. The fourth-order valence-electron chi connectivity index (χ4n) is 1.56. The smallest absolute Gasteiger partial charge is 0.271 e. The molecule has 0 aliphatic carbocycles. The standard InChI is InChI=1S/C14H9BrI2N2O3/c15-9-3-8(13(21)11(17)5-9)6-18-19-14(22)7-1-2-10(16)12(20)4-7/h1-6,20-21H,(H,19,22)/b18-6-. The topological polar surface area (TPSA) is 81.9 Å². The number of amides is 1. The van der Waals surface area contributed by atoms with Gasteiger partial charge in [0.25, 0.3) is 5.91 Å². The summed E-state index contributed by atoms with van der Waals surface area (Å²) in [6, 6.07) is 8.04. The van der Waals surface area contributed by atoms with Gasteiger partial charge in [-0.25, -0.2) is 5.43 Å². The molecule has 1 amide bonds. The Hall–Kier alpha value is -0.880. The first-order valence-corrected chi connectivity index (χ1v) is 8.83. The van der Waals surface area contributed by atoms with Gasteiger partial charge in [0.1, 0.15) is 11.5 Å². The van der Waals surface area contributed by atoms with Gasteiger partial charge in [-0.3, -0.25) is 4.79 Å². The van der Waals surface area contributed by atoms with Crippen molar-refractivity contribution in [2.24, 2.45) is 5.10 Å². The second-order valence-corrected chi connectivity index (χ2v) is 7.43. The molecule has 0 aliphatic heterocycles. The Labute approximate surface area is 162 Å². The molecule has 0 aromatic heterocycles. The van der Waals surface area contributed by atoms with Crippen molar-refractivity contribution in [3.8, 4) is 11.5 Å². The molecule has 0 unspecified atom stereocenters. The maximum absolute atomic E-state index is 11.9. The fraction of sp³-hybridized carbons (Fsp3) is 0. The van der Waals surface area contributed by atoms with Crippen LogP contribution in [0.4, 0.5) is 0 Å². The first-order chi connectivity index (χ1) is 10.4. The maximum atomic E-state index is 11.9. The summed E-state index contributed by atoms with van der Waals surface area (Å²) in [7, 11) is 0. The van der Waals surface area contributed by atoms with E-state index in [9.17, 15) is 15.0 Å². The first kappa shape index (κ1) is 17.5. The van der Waals surface area contributed by atoms with Crippen molar-refractivity contribution in [2.75, 3.05) is 0 Å². The molecule has 0 fully saturated rings. The average Bonchev–Trinajstić information content (AvgIpc) is 2.46. The molecular weight excluding hydrogens is 578 g/mol. The zero-order chi connectivity index (χ0) is 16.3. The maximum Gasteiger partial charge on any atom is 0.271 e. The molecule has 0 heterocycles. The first-order valence-electron chi connectivity index (χ1n) is 5.88. The Morgan fingerprint density at radius 2 is 1.91 bits per heavy atom. The van der Waals surface area contributed by atoms with E-state index in [0.717, 1.165) is 4.47 Å². The summed E-state index contributed by atoms with van der Waals surface area (Å²) < 4.78 is 2.12. The van der Waals surface area contributed by atoms with Gasteiger partial charge >= 0.3 is 0 Å². The molecule has 2 aromatic rings. The highest BCUT2D eigenvalue weighted by molar-refractivity contribution is 14.1. The van der Waals surface area contributed by atoms with Crippen LogP contribution in [0.5, 0.6) is 11.5 Å². The quantitative estimate of drug-likeness (QED) is 0.291. The van der Waals surface area contributed by atoms with Crippen molar-refractivity contribution in [1.29, 1.82) is 0 Å². The summed E-state index contributed by atoms with van der Waals surface area (Å²) in [5, 5.41) is 23.3. The van der Waals surface area contributed by atoms with Gasteiger partial charge in [0, 0.05) is 15.6 Å². The predicted octanol–water partition coefficient (Wildman–Crippen LogP) is 3.83. The number of hydrazone groups is 1. The fourth-order valence-corrected chi connectivity index (χ4v) is 3.45. The van der Waals surface area contributed by atoms with Gasteiger partial charge in [-0.1, -0.05) is 15.9 Å². The number of nitrogens with zero attached hydrogens (tertiary/aromatic N) is 1. The van der Waals surface area contributed by atoms with Crippen molar-refractivity contribution in [2.45, 2.75) is 0 Å². The minimum Gasteiger partial charge on any atom is -0.507 e. The lowest BCUT2D eigenvalue weighted by molar-refractivity contribution is 0.0954. The third-order valence-electron chi connectivity index (χ3n) is 2.64. The van der Waals surface area contributed by atoms with E-state index >= 15 is 0 Å². The minimum absolute atomic E-state index is 0.0383. The van der Waals surface area contributed by atoms with Gasteiger partial charge in [0.15, 0.2) is 0 Å². The van der Waals surface area contributed by atoms with Crippen LogP contribution in [0.2, 0.25) is 0 Å². The van der Waals surface area contributed by atoms with Crippen LogP contribution in [0.1, 0.15) is 15.9 Å². The lowest BCUT2D eigenvalue weighted by Crippen LogP contribution is -2.17. The van der Waals surface area contributed by atoms with E-state index < -0.39 is 5.91 Å². The molecule has 0 radical (unpaired) electrons. The lowest BCUT2D eigenvalue weighted by atomic mass is 10.2. The van der Waals surface area contributed by atoms with E-state index in [1.54, 1.807) is 24.3 Å². The molecule has 22 heavy (non-hydrogen) atoms. The summed E-state index contributed by atoms with van der Waals surface area (Å²) in [6.07, 6.45) is 1.35. The molecule has 2 aromatic carbocycles. The van der Waals surface area contributed by atoms with Gasteiger partial charge in [-0.2, -0.15) is 5.10 Å². The number of benzene rings is 2. The van der Waals surface area contributed by atoms with Gasteiger partial charge in [0.05, 0.1) is 13.4 Å². The highest BCUT2D eigenvalue weighted by Crippen LogP contribution is 2.27. The highest BCUT2D eigenvalue weighted by atomic mass is 127. The predicted molar refractivity (Wildman–Crippen MR) is 104 cm³/mol. The van der Waals surface area contributed by atoms with E-state index in [0.29, 0.717) is 18.3 Å². The van der Waals surface area contributed by atoms with E-state index in [4.69, 9.17) is 0 Å². The lowest BCUT2D eigenvalue weighted by Gasteiger charge is -2.04. The molecule has 0 bridgehead atoms. The summed E-state index contributed by atoms with van der Waals surface area (Å²) in [5.41, 5.74) is 3.12. The van der Waals surface area contributed by atoms with Crippen molar-refractivity contribution >= 4 is 73.2 Å². The van der Waals surface area contributed by atoms with Crippen LogP contribution in [-0.2, 0) is 0 Å². The van der Waals surface area contributed by atoms with E-state index in [1.807, 2.05) is 45.2 Å². The molecular formula is C14H9BrI2N2O3. The van der Waals surface area contributed by atoms with Crippen LogP contribution in [0.25, 0.3) is 0 Å². The van der Waals surface area contributed by atoms with Gasteiger partial charge in [0.2, 0.25) is 0 Å². The Bertz CT molecular complexity index is 766. The zero-order valence-electron chi connectivity index (χ0n) is 10.8. The molecule has 3 N–H and O–H groups in total. The number of hydrogen-bond donors (Lipinski definition) is 3. The molecule has 114 valence electrons. The number of carbonyl (C=O) groups is 1. The molecule has 8 heteroatoms. The second kappa shape index (κ2) is 7.59. The number of halogens is 3. The number of rotatable bonds is 3. The van der Waals surface area contributed by atoms with Gasteiger partial charge in [-0.05, 0) is 75.5 Å². The summed E-state index contributed by atoms with van der Waals surface area (Å²) in [4.78, 5) is 11.9. The summed E-state index contributed by atoms with van der Waals surface area (Å²) in [6.45, 7) is 0. The third kappa shape index (κ3) is 4.32. The van der Waals surface area contributed by atoms with Crippen LogP contribution < -0.4 is 5.43 Å². The minimum atomic E-state index is -0.452. The second-order valence-electron chi connectivity index (χ2n) is 4.19. The van der Waals surface area contributed by atoms with Crippen molar-refractivity contribution in [1.82, 2.24) is 5.43 Å². The van der Waals surface area contributed by atoms with Crippen LogP contribution in [0.3, 0.4) is 0 Å². The van der Waals surface area contributed by atoms with E-state index in [2.05, 4.69) is 26.5 Å². The van der Waals surface area contributed by atoms with E-state index in [1.165, 1.54) is 12.3 Å². The SMILES string of the molecule is O=C(N/N=C\c1cc(Br)cc(I)c1O)c1ccc(I)c(O)c1. The van der Waals surface area contributed by atoms with Crippen molar-refractivity contribution < 1.29 is 15.0 Å². The molecule has 5 nitrogen and oxygen atoms in total. The number of phenols is 2. The van der Waals surface area contributed by atoms with E-state index in [-0.39, 0.29) is 11.5 Å². The monoisotopic (exact) mass is 586 g/mol. The number of carbonyl (C=O) groups excluding carboxylic acids is 1.